The summed E-state index contributed by atoms with van der Waals surface area (Å²) >= 11 is 0. The fraction of sp³-hybridized carbons (Fsp3) is 0.263. The van der Waals surface area contributed by atoms with Crippen molar-refractivity contribution in [1.82, 2.24) is 4.40 Å². The zero-order valence-electron chi connectivity index (χ0n) is 13.3. The van der Waals surface area contributed by atoms with E-state index >= 15 is 0 Å². The number of alkyl halides is 3. The number of pyridine rings is 1. The van der Waals surface area contributed by atoms with Crippen LogP contribution in [-0.2, 0) is 11.6 Å². The highest BCUT2D eigenvalue weighted by atomic mass is 19.4. The summed E-state index contributed by atoms with van der Waals surface area (Å²) in [5.74, 6) is 0. The summed E-state index contributed by atoms with van der Waals surface area (Å²) in [5, 5.41) is 0. The lowest BCUT2D eigenvalue weighted by molar-refractivity contribution is -0.137. The van der Waals surface area contributed by atoms with Crippen LogP contribution in [-0.4, -0.2) is 4.40 Å². The molecule has 120 valence electrons. The molecule has 0 aliphatic rings. The molecule has 23 heavy (non-hydrogen) atoms. The third-order valence-corrected chi connectivity index (χ3v) is 4.00. The molecule has 1 aromatic carbocycles. The summed E-state index contributed by atoms with van der Waals surface area (Å²) in [5.41, 5.74) is 3.26. The third kappa shape index (κ3) is 2.98. The zero-order chi connectivity index (χ0) is 16.8. The Morgan fingerprint density at radius 3 is 2.04 bits per heavy atom. The van der Waals surface area contributed by atoms with Gasteiger partial charge < -0.3 is 4.40 Å². The minimum atomic E-state index is -4.31. The summed E-state index contributed by atoms with van der Waals surface area (Å²) < 4.78 is 40.1. The summed E-state index contributed by atoms with van der Waals surface area (Å²) in [6.45, 7) is 6.42. The van der Waals surface area contributed by atoms with Crippen molar-refractivity contribution in [1.29, 1.82) is 0 Å². The van der Waals surface area contributed by atoms with Crippen molar-refractivity contribution in [3.8, 4) is 11.3 Å². The molecule has 2 heterocycles. The van der Waals surface area contributed by atoms with Gasteiger partial charge in [-0.3, -0.25) is 0 Å². The normalized spacial score (nSPS) is 12.8. The predicted octanol–water partition coefficient (Wildman–Crippen LogP) is 5.92. The Bertz CT molecular complexity index is 834. The van der Waals surface area contributed by atoms with E-state index in [-0.39, 0.29) is 5.41 Å². The van der Waals surface area contributed by atoms with Gasteiger partial charge in [0.05, 0.1) is 11.3 Å². The van der Waals surface area contributed by atoms with Crippen LogP contribution in [0.15, 0.2) is 54.7 Å². The van der Waals surface area contributed by atoms with Crippen LogP contribution >= 0.6 is 0 Å². The van der Waals surface area contributed by atoms with Crippen LogP contribution in [0.5, 0.6) is 0 Å². The number of hydrogen-bond acceptors (Lipinski definition) is 0. The van der Waals surface area contributed by atoms with E-state index in [1.54, 1.807) is 0 Å². The SMILES string of the molecule is CC(C)(C)c1cc2cccc(-c3ccc(C(F)(F)F)cc3)n2c1. The molecule has 0 unspecified atom stereocenters. The molecule has 3 aromatic rings. The van der Waals surface area contributed by atoms with Crippen molar-refractivity contribution in [3.63, 3.8) is 0 Å². The lowest BCUT2D eigenvalue weighted by Crippen LogP contribution is -2.09. The summed E-state index contributed by atoms with van der Waals surface area (Å²) in [7, 11) is 0. The first kappa shape index (κ1) is 15.7. The molecule has 1 nitrogen and oxygen atoms in total. The third-order valence-electron chi connectivity index (χ3n) is 4.00. The first-order valence-corrected chi connectivity index (χ1v) is 7.45. The second-order valence-electron chi connectivity index (χ2n) is 6.76. The van der Waals surface area contributed by atoms with Gasteiger partial charge in [0.1, 0.15) is 0 Å². The highest BCUT2D eigenvalue weighted by molar-refractivity contribution is 5.66. The molecule has 4 heteroatoms. The van der Waals surface area contributed by atoms with Gasteiger partial charge in [0.15, 0.2) is 0 Å². The standard InChI is InChI=1S/C19H18F3N/c1-18(2,3)15-11-16-5-4-6-17(23(16)12-15)13-7-9-14(10-8-13)19(20,21)22/h4-12H,1-3H3. The molecule has 0 spiro atoms. The van der Waals surface area contributed by atoms with Gasteiger partial charge in [-0.25, -0.2) is 0 Å². The van der Waals surface area contributed by atoms with Gasteiger partial charge in [0.25, 0.3) is 0 Å². The Morgan fingerprint density at radius 1 is 0.826 bits per heavy atom. The average molecular weight is 317 g/mol. The summed E-state index contributed by atoms with van der Waals surface area (Å²) in [4.78, 5) is 0. The fourth-order valence-electron chi connectivity index (χ4n) is 2.61. The maximum atomic E-state index is 12.7. The molecule has 0 bridgehead atoms. The van der Waals surface area contributed by atoms with E-state index in [9.17, 15) is 13.2 Å². The minimum absolute atomic E-state index is 0.0173. The molecule has 2 aromatic heterocycles. The molecule has 0 fully saturated rings. The topological polar surface area (TPSA) is 4.41 Å². The maximum absolute atomic E-state index is 12.7. The molecule has 0 aliphatic heterocycles. The number of rotatable bonds is 1. The van der Waals surface area contributed by atoms with Crippen LogP contribution in [0, 0.1) is 0 Å². The second-order valence-corrected chi connectivity index (χ2v) is 6.76. The molecule has 0 amide bonds. The molecule has 0 saturated heterocycles. The van der Waals surface area contributed by atoms with E-state index < -0.39 is 11.7 Å². The number of nitrogens with zero attached hydrogens (tertiary/aromatic N) is 1. The molecule has 0 N–H and O–H groups in total. The van der Waals surface area contributed by atoms with Gasteiger partial charge in [-0.2, -0.15) is 13.2 Å². The molecule has 0 saturated carbocycles. The Labute approximate surface area is 133 Å². The molecular formula is C19H18F3N. The number of aromatic nitrogens is 1. The fourth-order valence-corrected chi connectivity index (χ4v) is 2.61. The average Bonchev–Trinajstić information content (AvgIpc) is 2.90. The van der Waals surface area contributed by atoms with Crippen LogP contribution in [0.4, 0.5) is 13.2 Å². The molecule has 3 rings (SSSR count). The van der Waals surface area contributed by atoms with Crippen LogP contribution in [0.25, 0.3) is 16.8 Å². The van der Waals surface area contributed by atoms with Gasteiger partial charge >= 0.3 is 6.18 Å². The van der Waals surface area contributed by atoms with Crippen LogP contribution in [0.3, 0.4) is 0 Å². The van der Waals surface area contributed by atoms with Crippen molar-refractivity contribution in [2.75, 3.05) is 0 Å². The number of halogens is 3. The highest BCUT2D eigenvalue weighted by Gasteiger charge is 2.30. The van der Waals surface area contributed by atoms with Crippen molar-refractivity contribution in [2.24, 2.45) is 0 Å². The highest BCUT2D eigenvalue weighted by Crippen LogP contribution is 2.32. The molecular weight excluding hydrogens is 299 g/mol. The van der Waals surface area contributed by atoms with Gasteiger partial charge in [-0.15, -0.1) is 0 Å². The first-order valence-electron chi connectivity index (χ1n) is 7.45. The van der Waals surface area contributed by atoms with Gasteiger partial charge in [-0.1, -0.05) is 39.0 Å². The lowest BCUT2D eigenvalue weighted by atomic mass is 9.89. The lowest BCUT2D eigenvalue weighted by Gasteiger charge is -2.15. The van der Waals surface area contributed by atoms with E-state index in [4.69, 9.17) is 0 Å². The van der Waals surface area contributed by atoms with Crippen LogP contribution in [0.1, 0.15) is 31.9 Å². The van der Waals surface area contributed by atoms with Gasteiger partial charge in [-0.05, 0) is 46.9 Å². The Morgan fingerprint density at radius 2 is 1.48 bits per heavy atom. The van der Waals surface area contributed by atoms with Gasteiger partial charge in [0.2, 0.25) is 0 Å². The van der Waals surface area contributed by atoms with E-state index in [2.05, 4.69) is 33.0 Å². The summed E-state index contributed by atoms with van der Waals surface area (Å²) in [6.07, 6.45) is -2.25. The monoisotopic (exact) mass is 317 g/mol. The van der Waals surface area contributed by atoms with Crippen molar-refractivity contribution >= 4 is 5.52 Å². The Kier molecular flexibility index (Phi) is 3.51. The van der Waals surface area contributed by atoms with Gasteiger partial charge in [0, 0.05) is 11.7 Å². The largest absolute Gasteiger partial charge is 0.416 e. The van der Waals surface area contributed by atoms with E-state index in [0.717, 1.165) is 28.9 Å². The molecule has 0 atom stereocenters. The number of fused-ring (bicyclic) bond motifs is 1. The number of benzene rings is 1. The predicted molar refractivity (Wildman–Crippen MR) is 86.5 cm³/mol. The maximum Gasteiger partial charge on any atom is 0.416 e. The molecule has 0 aliphatic carbocycles. The van der Waals surface area contributed by atoms with Crippen molar-refractivity contribution in [3.05, 3.63) is 65.9 Å². The smallest absolute Gasteiger partial charge is 0.316 e. The van der Waals surface area contributed by atoms with Crippen LogP contribution in [0.2, 0.25) is 0 Å². The van der Waals surface area contributed by atoms with Crippen molar-refractivity contribution in [2.45, 2.75) is 32.4 Å². The Hall–Kier alpha value is -2.23. The first-order chi connectivity index (χ1) is 10.7. The second kappa shape index (κ2) is 5.15. The van der Waals surface area contributed by atoms with Crippen molar-refractivity contribution < 1.29 is 13.2 Å². The number of hydrogen-bond donors (Lipinski definition) is 0. The van der Waals surface area contributed by atoms with Crippen LogP contribution < -0.4 is 0 Å². The molecule has 0 radical (unpaired) electrons. The Balaban J connectivity index is 2.11. The quantitative estimate of drug-likeness (QED) is 0.524. The van der Waals surface area contributed by atoms with E-state index in [1.807, 2.05) is 22.6 Å². The summed E-state index contributed by atoms with van der Waals surface area (Å²) in [6, 6.07) is 13.3. The minimum Gasteiger partial charge on any atom is -0.316 e. The van der Waals surface area contributed by atoms with E-state index in [1.165, 1.54) is 17.7 Å². The zero-order valence-corrected chi connectivity index (χ0v) is 13.3. The van der Waals surface area contributed by atoms with E-state index in [0.29, 0.717) is 0 Å².